The molecule has 1 saturated carbocycles. The molecule has 1 aliphatic heterocycles. The van der Waals surface area contributed by atoms with Gasteiger partial charge in [0.1, 0.15) is 0 Å². The van der Waals surface area contributed by atoms with Gasteiger partial charge in [0.25, 0.3) is 0 Å². The fourth-order valence-corrected chi connectivity index (χ4v) is 2.82. The molecule has 1 aliphatic carbocycles. The summed E-state index contributed by atoms with van der Waals surface area (Å²) in [4.78, 5) is 16.5. The number of nitrogens with zero attached hydrogens (tertiary/aromatic N) is 2. The Balaban J connectivity index is 1.36. The molecule has 2 aliphatic rings. The van der Waals surface area contributed by atoms with Crippen molar-refractivity contribution < 1.29 is 4.79 Å². The van der Waals surface area contributed by atoms with Crippen molar-refractivity contribution in [3.05, 3.63) is 42.0 Å². The first-order valence-corrected chi connectivity index (χ1v) is 8.05. The molecule has 112 valence electrons. The number of carbonyl (C=O) groups is 1. The summed E-state index contributed by atoms with van der Waals surface area (Å²) in [6, 6.07) is 10.4. The second-order valence-corrected chi connectivity index (χ2v) is 6.04. The summed E-state index contributed by atoms with van der Waals surface area (Å²) in [5.74, 6) is 0.768. The lowest BCUT2D eigenvalue weighted by atomic mass is 10.2. The number of hydrogen-bond donors (Lipinski definition) is 0. The lowest BCUT2D eigenvalue weighted by molar-refractivity contribution is -0.134. The maximum atomic E-state index is 12.0. The molecule has 1 heterocycles. The zero-order valence-electron chi connectivity index (χ0n) is 12.6. The van der Waals surface area contributed by atoms with Crippen molar-refractivity contribution >= 4 is 12.0 Å². The normalized spacial score (nSPS) is 20.1. The molecule has 0 unspecified atom stereocenters. The molecule has 0 atom stereocenters. The molecule has 1 aromatic carbocycles. The number of hydrogen-bond acceptors (Lipinski definition) is 2. The van der Waals surface area contributed by atoms with E-state index in [1.165, 1.54) is 5.56 Å². The molecular weight excluding hydrogens is 260 g/mol. The van der Waals surface area contributed by atoms with Crippen LogP contribution in [0.25, 0.3) is 6.08 Å². The fourth-order valence-electron chi connectivity index (χ4n) is 2.82. The average molecular weight is 284 g/mol. The summed E-state index contributed by atoms with van der Waals surface area (Å²) >= 11 is 0. The van der Waals surface area contributed by atoms with Crippen molar-refractivity contribution in [3.8, 4) is 0 Å². The van der Waals surface area contributed by atoms with Gasteiger partial charge in [-0.05, 0) is 24.8 Å². The minimum absolute atomic E-state index is 0.366. The van der Waals surface area contributed by atoms with Crippen molar-refractivity contribution in [1.82, 2.24) is 9.80 Å². The van der Waals surface area contributed by atoms with Gasteiger partial charge in [-0.15, -0.1) is 0 Å². The van der Waals surface area contributed by atoms with E-state index >= 15 is 0 Å². The van der Waals surface area contributed by atoms with Gasteiger partial charge in [-0.1, -0.05) is 42.5 Å². The third-order valence-corrected chi connectivity index (χ3v) is 4.33. The zero-order chi connectivity index (χ0) is 14.5. The Morgan fingerprint density at radius 1 is 1.10 bits per heavy atom. The van der Waals surface area contributed by atoms with E-state index in [4.69, 9.17) is 0 Å². The van der Waals surface area contributed by atoms with E-state index in [0.717, 1.165) is 52.0 Å². The molecule has 0 aromatic heterocycles. The Morgan fingerprint density at radius 2 is 1.81 bits per heavy atom. The van der Waals surface area contributed by atoms with Crippen LogP contribution < -0.4 is 0 Å². The highest BCUT2D eigenvalue weighted by atomic mass is 16.2. The van der Waals surface area contributed by atoms with Crippen molar-refractivity contribution in [1.29, 1.82) is 0 Å². The minimum Gasteiger partial charge on any atom is -0.340 e. The quantitative estimate of drug-likeness (QED) is 0.830. The van der Waals surface area contributed by atoms with Crippen LogP contribution >= 0.6 is 0 Å². The Morgan fingerprint density at radius 3 is 2.48 bits per heavy atom. The van der Waals surface area contributed by atoms with E-state index in [1.807, 2.05) is 6.07 Å². The smallest absolute Gasteiger partial charge is 0.225 e. The summed E-state index contributed by atoms with van der Waals surface area (Å²) in [6.07, 6.45) is 7.74. The standard InChI is InChI=1S/C18H24N2O/c21-18(17-9-10-17)20-14-12-19(13-15-20)11-5-4-8-16-6-2-1-3-7-16/h1-4,6-8,17H,5,9-15H2/b8-4+. The topological polar surface area (TPSA) is 23.6 Å². The summed E-state index contributed by atoms with van der Waals surface area (Å²) in [5.41, 5.74) is 1.26. The minimum atomic E-state index is 0.366. The number of benzene rings is 1. The monoisotopic (exact) mass is 284 g/mol. The van der Waals surface area contributed by atoms with E-state index in [9.17, 15) is 4.79 Å². The van der Waals surface area contributed by atoms with Crippen molar-refractivity contribution in [2.24, 2.45) is 5.92 Å². The largest absolute Gasteiger partial charge is 0.340 e. The van der Waals surface area contributed by atoms with Crippen molar-refractivity contribution in [2.75, 3.05) is 32.7 Å². The van der Waals surface area contributed by atoms with E-state index in [0.29, 0.717) is 11.8 Å². The third-order valence-electron chi connectivity index (χ3n) is 4.33. The van der Waals surface area contributed by atoms with Crippen LogP contribution in [0.3, 0.4) is 0 Å². The van der Waals surface area contributed by atoms with Gasteiger partial charge in [-0.2, -0.15) is 0 Å². The highest BCUT2D eigenvalue weighted by Crippen LogP contribution is 2.31. The highest BCUT2D eigenvalue weighted by Gasteiger charge is 2.34. The molecule has 1 aromatic rings. The van der Waals surface area contributed by atoms with Crippen LogP contribution in [0.2, 0.25) is 0 Å². The van der Waals surface area contributed by atoms with Crippen LogP contribution in [0.4, 0.5) is 0 Å². The maximum absolute atomic E-state index is 12.0. The van der Waals surface area contributed by atoms with Crippen LogP contribution in [0.15, 0.2) is 36.4 Å². The van der Waals surface area contributed by atoms with Gasteiger partial charge in [0, 0.05) is 38.6 Å². The fraction of sp³-hybridized carbons (Fsp3) is 0.500. The van der Waals surface area contributed by atoms with Crippen molar-refractivity contribution in [3.63, 3.8) is 0 Å². The molecular formula is C18H24N2O. The van der Waals surface area contributed by atoms with Gasteiger partial charge in [0.15, 0.2) is 0 Å². The molecule has 21 heavy (non-hydrogen) atoms. The average Bonchev–Trinajstić information content (AvgIpc) is 3.37. The summed E-state index contributed by atoms with van der Waals surface area (Å²) in [7, 11) is 0. The second-order valence-electron chi connectivity index (χ2n) is 6.04. The van der Waals surface area contributed by atoms with Crippen molar-refractivity contribution in [2.45, 2.75) is 19.3 Å². The van der Waals surface area contributed by atoms with Gasteiger partial charge in [0.2, 0.25) is 5.91 Å². The Bertz CT molecular complexity index is 485. The van der Waals surface area contributed by atoms with Gasteiger partial charge < -0.3 is 4.90 Å². The van der Waals surface area contributed by atoms with Crippen LogP contribution in [-0.4, -0.2) is 48.4 Å². The van der Waals surface area contributed by atoms with E-state index in [1.54, 1.807) is 0 Å². The molecule has 0 spiro atoms. The summed E-state index contributed by atoms with van der Waals surface area (Å²) < 4.78 is 0. The molecule has 2 fully saturated rings. The lowest BCUT2D eigenvalue weighted by Crippen LogP contribution is -2.49. The first kappa shape index (κ1) is 14.3. The first-order chi connectivity index (χ1) is 10.3. The molecule has 3 heteroatoms. The number of rotatable bonds is 5. The molecule has 0 bridgehead atoms. The predicted octanol–water partition coefficient (Wildman–Crippen LogP) is 2.64. The van der Waals surface area contributed by atoms with Gasteiger partial charge in [-0.25, -0.2) is 0 Å². The second kappa shape index (κ2) is 6.90. The molecule has 0 N–H and O–H groups in total. The van der Waals surface area contributed by atoms with Gasteiger partial charge in [0.05, 0.1) is 0 Å². The summed E-state index contributed by atoms with van der Waals surface area (Å²) in [5, 5.41) is 0. The van der Waals surface area contributed by atoms with E-state index < -0.39 is 0 Å². The summed E-state index contributed by atoms with van der Waals surface area (Å²) in [6.45, 7) is 4.97. The van der Waals surface area contributed by atoms with Crippen LogP contribution in [0, 0.1) is 5.92 Å². The Kier molecular flexibility index (Phi) is 4.71. The highest BCUT2D eigenvalue weighted by molar-refractivity contribution is 5.81. The van der Waals surface area contributed by atoms with Crippen LogP contribution in [0.1, 0.15) is 24.8 Å². The van der Waals surface area contributed by atoms with Crippen LogP contribution in [-0.2, 0) is 4.79 Å². The molecule has 1 amide bonds. The number of carbonyl (C=O) groups excluding carboxylic acids is 1. The molecule has 1 saturated heterocycles. The van der Waals surface area contributed by atoms with Gasteiger partial charge >= 0.3 is 0 Å². The first-order valence-electron chi connectivity index (χ1n) is 8.05. The molecule has 3 nitrogen and oxygen atoms in total. The molecule has 3 rings (SSSR count). The van der Waals surface area contributed by atoms with E-state index in [2.05, 4.69) is 46.2 Å². The number of piperazine rings is 1. The maximum Gasteiger partial charge on any atom is 0.225 e. The molecule has 0 radical (unpaired) electrons. The van der Waals surface area contributed by atoms with E-state index in [-0.39, 0.29) is 0 Å². The SMILES string of the molecule is O=C(C1CC1)N1CCN(CC/C=C/c2ccccc2)CC1. The zero-order valence-corrected chi connectivity index (χ0v) is 12.6. The Labute approximate surface area is 127 Å². The predicted molar refractivity (Wildman–Crippen MR) is 85.8 cm³/mol. The van der Waals surface area contributed by atoms with Crippen LogP contribution in [0.5, 0.6) is 0 Å². The third kappa shape index (κ3) is 4.18. The number of amides is 1. The lowest BCUT2D eigenvalue weighted by Gasteiger charge is -2.34. The van der Waals surface area contributed by atoms with Gasteiger partial charge in [-0.3, -0.25) is 9.69 Å². The Hall–Kier alpha value is -1.61.